The van der Waals surface area contributed by atoms with Crippen LogP contribution in [0.2, 0.25) is 0 Å². The van der Waals surface area contributed by atoms with Crippen LogP contribution in [0.4, 0.5) is 0 Å². The minimum absolute atomic E-state index is 0.281. The first-order valence-corrected chi connectivity index (χ1v) is 10.6. The second-order valence-electron chi connectivity index (χ2n) is 8.06. The van der Waals surface area contributed by atoms with Crippen LogP contribution in [0, 0.1) is 0 Å². The predicted molar refractivity (Wildman–Crippen MR) is 115 cm³/mol. The van der Waals surface area contributed by atoms with Gasteiger partial charge in [-0.15, -0.1) is 0 Å². The maximum Gasteiger partial charge on any atom is 0.233 e. The SMILES string of the molecule is O=C(N1CCN(CC=Cc2ccccc2)CC1)C1(c2ccccc2)CCCC1. The molecule has 3 nitrogen and oxygen atoms in total. The van der Waals surface area contributed by atoms with Gasteiger partial charge in [-0.25, -0.2) is 0 Å². The topological polar surface area (TPSA) is 23.6 Å². The highest BCUT2D eigenvalue weighted by molar-refractivity contribution is 5.88. The van der Waals surface area contributed by atoms with Crippen LogP contribution in [0.25, 0.3) is 6.08 Å². The molecule has 0 atom stereocenters. The first kappa shape index (κ1) is 18.9. The molecule has 1 amide bonds. The number of amides is 1. The third-order valence-electron chi connectivity index (χ3n) is 6.33. The minimum atomic E-state index is -0.281. The lowest BCUT2D eigenvalue weighted by Gasteiger charge is -2.40. The molecule has 0 aromatic heterocycles. The van der Waals surface area contributed by atoms with Crippen molar-refractivity contribution in [3.05, 3.63) is 77.9 Å². The molecule has 1 heterocycles. The molecule has 2 aliphatic rings. The van der Waals surface area contributed by atoms with Crippen molar-refractivity contribution in [2.45, 2.75) is 31.1 Å². The zero-order chi connectivity index (χ0) is 19.2. The Morgan fingerprint density at radius 1 is 0.857 bits per heavy atom. The average Bonchev–Trinajstić information content (AvgIpc) is 3.26. The largest absolute Gasteiger partial charge is 0.339 e. The van der Waals surface area contributed by atoms with Crippen LogP contribution in [0.1, 0.15) is 36.8 Å². The van der Waals surface area contributed by atoms with Crippen molar-refractivity contribution in [1.82, 2.24) is 9.80 Å². The Balaban J connectivity index is 1.35. The Kier molecular flexibility index (Phi) is 5.92. The van der Waals surface area contributed by atoms with Crippen molar-refractivity contribution in [1.29, 1.82) is 0 Å². The molecule has 1 aliphatic carbocycles. The normalized spacial score (nSPS) is 19.9. The monoisotopic (exact) mass is 374 g/mol. The summed E-state index contributed by atoms with van der Waals surface area (Å²) in [4.78, 5) is 18.1. The van der Waals surface area contributed by atoms with Crippen LogP contribution in [-0.4, -0.2) is 48.4 Å². The maximum absolute atomic E-state index is 13.5. The molecule has 1 saturated carbocycles. The molecule has 0 N–H and O–H groups in total. The molecule has 2 aromatic carbocycles. The quantitative estimate of drug-likeness (QED) is 0.776. The van der Waals surface area contributed by atoms with Gasteiger partial charge < -0.3 is 4.90 Å². The zero-order valence-electron chi connectivity index (χ0n) is 16.6. The number of piperazine rings is 1. The highest BCUT2D eigenvalue weighted by atomic mass is 16.2. The molecule has 0 spiro atoms. The van der Waals surface area contributed by atoms with Crippen molar-refractivity contribution < 1.29 is 4.79 Å². The van der Waals surface area contributed by atoms with Crippen LogP contribution in [-0.2, 0) is 10.2 Å². The highest BCUT2D eigenvalue weighted by Crippen LogP contribution is 2.42. The lowest BCUT2D eigenvalue weighted by Crippen LogP contribution is -2.54. The molecule has 3 heteroatoms. The number of carbonyl (C=O) groups is 1. The summed E-state index contributed by atoms with van der Waals surface area (Å²) in [5, 5.41) is 0. The molecule has 1 saturated heterocycles. The lowest BCUT2D eigenvalue weighted by atomic mass is 9.77. The Labute approximate surface area is 168 Å². The fourth-order valence-electron chi connectivity index (χ4n) is 4.70. The summed E-state index contributed by atoms with van der Waals surface area (Å²) in [6.07, 6.45) is 8.72. The molecule has 146 valence electrons. The summed E-state index contributed by atoms with van der Waals surface area (Å²) < 4.78 is 0. The Morgan fingerprint density at radius 3 is 2.11 bits per heavy atom. The van der Waals surface area contributed by atoms with E-state index in [1.165, 1.54) is 11.1 Å². The van der Waals surface area contributed by atoms with Crippen LogP contribution in [0.15, 0.2) is 66.7 Å². The van der Waals surface area contributed by atoms with Crippen LogP contribution >= 0.6 is 0 Å². The summed E-state index contributed by atoms with van der Waals surface area (Å²) in [5.74, 6) is 0.357. The zero-order valence-corrected chi connectivity index (χ0v) is 16.6. The molecule has 0 radical (unpaired) electrons. The number of hydrogen-bond donors (Lipinski definition) is 0. The summed E-state index contributed by atoms with van der Waals surface area (Å²) in [7, 11) is 0. The van der Waals surface area contributed by atoms with Gasteiger partial charge in [0.1, 0.15) is 0 Å². The van der Waals surface area contributed by atoms with E-state index in [1.54, 1.807) is 0 Å². The molecule has 2 fully saturated rings. The molecular formula is C25H30N2O. The number of nitrogens with zero attached hydrogens (tertiary/aromatic N) is 2. The third kappa shape index (κ3) is 4.05. The van der Waals surface area contributed by atoms with Gasteiger partial charge in [-0.05, 0) is 24.0 Å². The van der Waals surface area contributed by atoms with E-state index in [0.29, 0.717) is 5.91 Å². The molecule has 0 unspecified atom stereocenters. The van der Waals surface area contributed by atoms with E-state index >= 15 is 0 Å². The third-order valence-corrected chi connectivity index (χ3v) is 6.33. The first-order chi connectivity index (χ1) is 13.8. The van der Waals surface area contributed by atoms with Crippen molar-refractivity contribution >= 4 is 12.0 Å². The first-order valence-electron chi connectivity index (χ1n) is 10.6. The van der Waals surface area contributed by atoms with E-state index in [0.717, 1.165) is 58.4 Å². The summed E-state index contributed by atoms with van der Waals surface area (Å²) in [6, 6.07) is 20.9. The van der Waals surface area contributed by atoms with E-state index in [9.17, 15) is 4.79 Å². The van der Waals surface area contributed by atoms with Gasteiger partial charge in [0.15, 0.2) is 0 Å². The Bertz CT molecular complexity index is 786. The van der Waals surface area contributed by atoms with Gasteiger partial charge in [-0.3, -0.25) is 9.69 Å². The Hall–Kier alpha value is -2.39. The smallest absolute Gasteiger partial charge is 0.233 e. The van der Waals surface area contributed by atoms with Crippen molar-refractivity contribution in [3.8, 4) is 0 Å². The second-order valence-corrected chi connectivity index (χ2v) is 8.06. The Morgan fingerprint density at radius 2 is 1.46 bits per heavy atom. The van der Waals surface area contributed by atoms with Gasteiger partial charge >= 0.3 is 0 Å². The van der Waals surface area contributed by atoms with E-state index in [4.69, 9.17) is 0 Å². The number of benzene rings is 2. The van der Waals surface area contributed by atoms with Crippen molar-refractivity contribution in [2.24, 2.45) is 0 Å². The summed E-state index contributed by atoms with van der Waals surface area (Å²) in [6.45, 7) is 4.53. The van der Waals surface area contributed by atoms with Gasteiger partial charge in [0, 0.05) is 32.7 Å². The molecule has 2 aromatic rings. The van der Waals surface area contributed by atoms with E-state index in [2.05, 4.69) is 70.5 Å². The maximum atomic E-state index is 13.5. The fraction of sp³-hybridized carbons (Fsp3) is 0.400. The summed E-state index contributed by atoms with van der Waals surface area (Å²) >= 11 is 0. The van der Waals surface area contributed by atoms with Gasteiger partial charge in [-0.2, -0.15) is 0 Å². The fourth-order valence-corrected chi connectivity index (χ4v) is 4.70. The average molecular weight is 375 g/mol. The van der Waals surface area contributed by atoms with Crippen molar-refractivity contribution in [3.63, 3.8) is 0 Å². The lowest BCUT2D eigenvalue weighted by molar-refractivity contribution is -0.139. The predicted octanol–water partition coefficient (Wildman–Crippen LogP) is 4.36. The van der Waals surface area contributed by atoms with Gasteiger partial charge in [0.25, 0.3) is 0 Å². The van der Waals surface area contributed by atoms with Crippen LogP contribution in [0.3, 0.4) is 0 Å². The number of rotatable bonds is 5. The van der Waals surface area contributed by atoms with Gasteiger partial charge in [0.05, 0.1) is 5.41 Å². The molecular weight excluding hydrogens is 344 g/mol. The van der Waals surface area contributed by atoms with E-state index in [1.807, 2.05) is 12.1 Å². The summed E-state index contributed by atoms with van der Waals surface area (Å²) in [5.41, 5.74) is 2.17. The molecule has 28 heavy (non-hydrogen) atoms. The van der Waals surface area contributed by atoms with Crippen molar-refractivity contribution in [2.75, 3.05) is 32.7 Å². The van der Waals surface area contributed by atoms with Gasteiger partial charge in [0.2, 0.25) is 5.91 Å². The van der Waals surface area contributed by atoms with E-state index < -0.39 is 0 Å². The van der Waals surface area contributed by atoms with Gasteiger partial charge in [-0.1, -0.05) is 85.7 Å². The van der Waals surface area contributed by atoms with Crippen LogP contribution in [0.5, 0.6) is 0 Å². The molecule has 4 rings (SSSR count). The minimum Gasteiger partial charge on any atom is -0.339 e. The number of hydrogen-bond acceptors (Lipinski definition) is 2. The van der Waals surface area contributed by atoms with Crippen LogP contribution < -0.4 is 0 Å². The molecule has 0 bridgehead atoms. The second kappa shape index (κ2) is 8.74. The number of carbonyl (C=O) groups excluding carboxylic acids is 1. The standard InChI is InChI=1S/C25H30N2O/c28-24(25(15-7-8-16-25)23-13-5-2-6-14-23)27-20-18-26(19-21-27)17-9-12-22-10-3-1-4-11-22/h1-6,9-14H,7-8,15-21H2. The molecule has 1 aliphatic heterocycles. The highest BCUT2D eigenvalue weighted by Gasteiger charge is 2.45. The van der Waals surface area contributed by atoms with E-state index in [-0.39, 0.29) is 5.41 Å².